The van der Waals surface area contributed by atoms with Crippen LogP contribution >= 0.6 is 0 Å². The fourth-order valence-electron chi connectivity index (χ4n) is 3.58. The summed E-state index contributed by atoms with van der Waals surface area (Å²) in [6.07, 6.45) is -0.120. The van der Waals surface area contributed by atoms with Crippen molar-refractivity contribution in [3.8, 4) is 11.5 Å². The van der Waals surface area contributed by atoms with E-state index in [9.17, 15) is 18.0 Å². The maximum absolute atomic E-state index is 12.3. The number of carbonyl (C=O) groups is 2. The number of benzene rings is 2. The molecular formula is C22H24O6S. The van der Waals surface area contributed by atoms with Crippen LogP contribution in [0.4, 0.5) is 0 Å². The van der Waals surface area contributed by atoms with Gasteiger partial charge in [0, 0.05) is 0 Å². The molecule has 0 aromatic heterocycles. The SMILES string of the molecule is Cc1cccc(OC(=O)CC2CS(=O)(=O)CC2CC(=O)Oc2cccc(C)c2)c1. The Morgan fingerprint density at radius 1 is 0.828 bits per heavy atom. The van der Waals surface area contributed by atoms with Gasteiger partial charge in [0.15, 0.2) is 9.84 Å². The van der Waals surface area contributed by atoms with Gasteiger partial charge in [0.05, 0.1) is 24.3 Å². The molecule has 3 rings (SSSR count). The molecule has 1 fully saturated rings. The highest BCUT2D eigenvalue weighted by Gasteiger charge is 2.40. The molecule has 0 N–H and O–H groups in total. The Bertz CT molecular complexity index is 936. The lowest BCUT2D eigenvalue weighted by Gasteiger charge is -2.16. The number of ether oxygens (including phenoxy) is 2. The van der Waals surface area contributed by atoms with E-state index in [2.05, 4.69) is 0 Å². The van der Waals surface area contributed by atoms with Gasteiger partial charge in [-0.15, -0.1) is 0 Å². The Hall–Kier alpha value is -2.67. The third kappa shape index (κ3) is 6.15. The van der Waals surface area contributed by atoms with Crippen molar-refractivity contribution in [1.82, 2.24) is 0 Å². The fourth-order valence-corrected chi connectivity index (χ4v) is 5.80. The van der Waals surface area contributed by atoms with Gasteiger partial charge >= 0.3 is 11.9 Å². The molecule has 1 saturated heterocycles. The molecule has 2 aromatic carbocycles. The third-order valence-corrected chi connectivity index (χ3v) is 6.77. The molecule has 1 aliphatic rings. The van der Waals surface area contributed by atoms with Crippen molar-refractivity contribution >= 4 is 21.8 Å². The number of carbonyl (C=O) groups excluding carboxylic acids is 2. The molecule has 1 heterocycles. The topological polar surface area (TPSA) is 86.7 Å². The first-order chi connectivity index (χ1) is 13.7. The van der Waals surface area contributed by atoms with Crippen molar-refractivity contribution in [2.75, 3.05) is 11.5 Å². The number of sulfone groups is 1. The van der Waals surface area contributed by atoms with Crippen molar-refractivity contribution in [2.45, 2.75) is 26.7 Å². The van der Waals surface area contributed by atoms with Crippen LogP contribution in [0.15, 0.2) is 48.5 Å². The Morgan fingerprint density at radius 3 is 1.62 bits per heavy atom. The number of hydrogen-bond acceptors (Lipinski definition) is 6. The summed E-state index contributed by atoms with van der Waals surface area (Å²) in [5.74, 6) is -1.36. The summed E-state index contributed by atoms with van der Waals surface area (Å²) < 4.78 is 34.9. The van der Waals surface area contributed by atoms with E-state index in [1.807, 2.05) is 26.0 Å². The van der Waals surface area contributed by atoms with E-state index in [0.29, 0.717) is 11.5 Å². The van der Waals surface area contributed by atoms with E-state index in [-0.39, 0.29) is 24.3 Å². The van der Waals surface area contributed by atoms with E-state index in [1.165, 1.54) is 0 Å². The minimum absolute atomic E-state index is 0.0600. The smallest absolute Gasteiger partial charge is 0.311 e. The molecule has 0 amide bonds. The summed E-state index contributed by atoms with van der Waals surface area (Å²) in [6, 6.07) is 14.2. The summed E-state index contributed by atoms with van der Waals surface area (Å²) in [4.78, 5) is 24.6. The lowest BCUT2D eigenvalue weighted by atomic mass is 9.90. The van der Waals surface area contributed by atoms with Gasteiger partial charge in [-0.2, -0.15) is 0 Å². The zero-order valence-corrected chi connectivity index (χ0v) is 17.3. The van der Waals surface area contributed by atoms with Gasteiger partial charge in [0.25, 0.3) is 0 Å². The predicted octanol–water partition coefficient (Wildman–Crippen LogP) is 3.26. The second-order valence-corrected chi connectivity index (χ2v) is 9.74. The normalized spacial score (nSPS) is 20.2. The van der Waals surface area contributed by atoms with Crippen LogP contribution in [-0.2, 0) is 19.4 Å². The Labute approximate surface area is 170 Å². The van der Waals surface area contributed by atoms with Crippen LogP contribution in [0.2, 0.25) is 0 Å². The number of aryl methyl sites for hydroxylation is 2. The standard InChI is InChI=1S/C22H24O6S/c1-15-5-3-7-19(9-15)27-21(23)11-17-13-29(25,26)14-18(17)12-22(24)28-20-8-4-6-16(2)10-20/h3-10,17-18H,11-14H2,1-2H3. The Morgan fingerprint density at radius 2 is 1.24 bits per heavy atom. The average Bonchev–Trinajstić information content (AvgIpc) is 2.87. The van der Waals surface area contributed by atoms with Gasteiger partial charge in [-0.25, -0.2) is 8.42 Å². The minimum Gasteiger partial charge on any atom is -0.427 e. The largest absolute Gasteiger partial charge is 0.427 e. The van der Waals surface area contributed by atoms with Gasteiger partial charge in [-0.3, -0.25) is 9.59 Å². The van der Waals surface area contributed by atoms with Crippen molar-refractivity contribution < 1.29 is 27.5 Å². The lowest BCUT2D eigenvalue weighted by Crippen LogP contribution is -2.23. The van der Waals surface area contributed by atoms with E-state index in [4.69, 9.17) is 9.47 Å². The van der Waals surface area contributed by atoms with Crippen molar-refractivity contribution in [3.05, 3.63) is 59.7 Å². The maximum Gasteiger partial charge on any atom is 0.311 e. The van der Waals surface area contributed by atoms with E-state index in [0.717, 1.165) is 11.1 Å². The van der Waals surface area contributed by atoms with E-state index < -0.39 is 33.6 Å². The summed E-state index contributed by atoms with van der Waals surface area (Å²) in [6.45, 7) is 3.77. The Kier molecular flexibility index (Phi) is 6.37. The van der Waals surface area contributed by atoms with Gasteiger partial charge < -0.3 is 9.47 Å². The zero-order valence-electron chi connectivity index (χ0n) is 16.5. The molecule has 0 spiro atoms. The fraction of sp³-hybridized carbons (Fsp3) is 0.364. The van der Waals surface area contributed by atoms with Crippen LogP contribution in [0, 0.1) is 25.7 Å². The first-order valence-electron chi connectivity index (χ1n) is 9.45. The molecular weight excluding hydrogens is 392 g/mol. The molecule has 7 heteroatoms. The van der Waals surface area contributed by atoms with E-state index in [1.54, 1.807) is 36.4 Å². The molecule has 0 radical (unpaired) electrons. The van der Waals surface area contributed by atoms with Crippen LogP contribution in [0.5, 0.6) is 11.5 Å². The monoisotopic (exact) mass is 416 g/mol. The lowest BCUT2D eigenvalue weighted by molar-refractivity contribution is -0.138. The van der Waals surface area contributed by atoms with Gasteiger partial charge in [0.1, 0.15) is 11.5 Å². The Balaban J connectivity index is 1.62. The van der Waals surface area contributed by atoms with Crippen LogP contribution in [-0.4, -0.2) is 31.9 Å². The molecule has 154 valence electrons. The first kappa shape index (κ1) is 21.0. The highest BCUT2D eigenvalue weighted by atomic mass is 32.2. The average molecular weight is 416 g/mol. The van der Waals surface area contributed by atoms with Crippen LogP contribution in [0.25, 0.3) is 0 Å². The van der Waals surface area contributed by atoms with Crippen LogP contribution < -0.4 is 9.47 Å². The third-order valence-electron chi connectivity index (χ3n) is 4.90. The molecule has 1 aliphatic heterocycles. The second kappa shape index (κ2) is 8.78. The zero-order chi connectivity index (χ0) is 21.0. The quantitative estimate of drug-likeness (QED) is 0.531. The highest BCUT2D eigenvalue weighted by Crippen LogP contribution is 2.32. The molecule has 6 nitrogen and oxygen atoms in total. The van der Waals surface area contributed by atoms with Crippen molar-refractivity contribution in [2.24, 2.45) is 11.8 Å². The number of esters is 2. The van der Waals surface area contributed by atoms with Gasteiger partial charge in [0.2, 0.25) is 0 Å². The highest BCUT2D eigenvalue weighted by molar-refractivity contribution is 7.91. The van der Waals surface area contributed by atoms with Crippen LogP contribution in [0.3, 0.4) is 0 Å². The summed E-state index contributed by atoms with van der Waals surface area (Å²) >= 11 is 0. The van der Waals surface area contributed by atoms with E-state index >= 15 is 0 Å². The molecule has 2 aromatic rings. The van der Waals surface area contributed by atoms with Crippen molar-refractivity contribution in [3.63, 3.8) is 0 Å². The molecule has 2 unspecified atom stereocenters. The molecule has 0 bridgehead atoms. The second-order valence-electron chi connectivity index (χ2n) is 7.59. The molecule has 0 aliphatic carbocycles. The molecule has 29 heavy (non-hydrogen) atoms. The summed E-state index contributed by atoms with van der Waals surface area (Å²) in [7, 11) is -3.31. The van der Waals surface area contributed by atoms with Crippen molar-refractivity contribution in [1.29, 1.82) is 0 Å². The van der Waals surface area contributed by atoms with Crippen LogP contribution in [0.1, 0.15) is 24.0 Å². The number of rotatable bonds is 6. The number of hydrogen-bond donors (Lipinski definition) is 0. The summed E-state index contributed by atoms with van der Waals surface area (Å²) in [5.41, 5.74) is 1.91. The van der Waals surface area contributed by atoms with Gasteiger partial charge in [-0.1, -0.05) is 24.3 Å². The predicted molar refractivity (Wildman–Crippen MR) is 108 cm³/mol. The maximum atomic E-state index is 12.3. The molecule has 0 saturated carbocycles. The molecule has 2 atom stereocenters. The minimum atomic E-state index is -3.31. The summed E-state index contributed by atoms with van der Waals surface area (Å²) in [5, 5.41) is 0. The first-order valence-corrected chi connectivity index (χ1v) is 11.3. The van der Waals surface area contributed by atoms with Gasteiger partial charge in [-0.05, 0) is 61.1 Å².